The molecule has 116 valence electrons. The van der Waals surface area contributed by atoms with Crippen molar-refractivity contribution >= 4 is 11.7 Å². The molecule has 6 heteroatoms. The third-order valence-electron chi connectivity index (χ3n) is 3.37. The lowest BCUT2D eigenvalue weighted by molar-refractivity contribution is -0.123. The molecule has 0 saturated heterocycles. The van der Waals surface area contributed by atoms with Crippen LogP contribution in [0.1, 0.15) is 32.3 Å². The number of para-hydroxylation sites is 1. The Bertz CT molecular complexity index is 485. The summed E-state index contributed by atoms with van der Waals surface area (Å²) in [5, 5.41) is 14.5. The average Bonchev–Trinajstić information content (AvgIpc) is 2.53. The first-order valence-electron chi connectivity index (χ1n) is 7.08. The minimum absolute atomic E-state index is 0.0527. The molecule has 0 radical (unpaired) electrons. The Morgan fingerprint density at radius 2 is 2.05 bits per heavy atom. The maximum atomic E-state index is 11.8. The summed E-state index contributed by atoms with van der Waals surface area (Å²) in [5.74, 6) is 0.656. The van der Waals surface area contributed by atoms with Gasteiger partial charge in [-0.25, -0.2) is 0 Å². The number of benzene rings is 1. The molecule has 0 aliphatic heterocycles. The van der Waals surface area contributed by atoms with E-state index in [9.17, 15) is 4.79 Å². The molecule has 0 heterocycles. The van der Waals surface area contributed by atoms with Crippen molar-refractivity contribution in [3.63, 3.8) is 0 Å². The van der Waals surface area contributed by atoms with Crippen LogP contribution in [0.5, 0.6) is 5.75 Å². The molecule has 0 fully saturated rings. The zero-order valence-electron chi connectivity index (χ0n) is 12.5. The van der Waals surface area contributed by atoms with Crippen LogP contribution in [-0.2, 0) is 4.79 Å². The van der Waals surface area contributed by atoms with E-state index in [0.29, 0.717) is 23.8 Å². The molecule has 1 amide bonds. The molecule has 0 aromatic heterocycles. The molecular formula is C15H23N3O3. The van der Waals surface area contributed by atoms with E-state index in [1.807, 2.05) is 0 Å². The molecule has 1 aromatic rings. The first kappa shape index (κ1) is 16.8. The van der Waals surface area contributed by atoms with Crippen LogP contribution in [0.25, 0.3) is 0 Å². The summed E-state index contributed by atoms with van der Waals surface area (Å²) in [4.78, 5) is 11.8. The van der Waals surface area contributed by atoms with Gasteiger partial charge >= 0.3 is 0 Å². The van der Waals surface area contributed by atoms with Crippen LogP contribution in [0.2, 0.25) is 0 Å². The van der Waals surface area contributed by atoms with Gasteiger partial charge in [0.1, 0.15) is 5.75 Å². The van der Waals surface area contributed by atoms with E-state index in [1.165, 1.54) is 0 Å². The van der Waals surface area contributed by atoms with Crippen molar-refractivity contribution in [2.45, 2.75) is 26.7 Å². The number of amidine groups is 1. The standard InChI is InChI=1S/C15H23N3O3/c1-3-11(4-2)9-17-14(19)10-21-13-8-6-5-7-12(13)15(16)18-20/h5-8,11,20H,3-4,9-10H2,1-2H3,(H2,16,18)(H,17,19). The number of nitrogens with zero attached hydrogens (tertiary/aromatic N) is 1. The van der Waals surface area contributed by atoms with Crippen LogP contribution in [0.3, 0.4) is 0 Å². The van der Waals surface area contributed by atoms with E-state index < -0.39 is 0 Å². The lowest BCUT2D eigenvalue weighted by Crippen LogP contribution is -2.33. The molecule has 0 aliphatic carbocycles. The highest BCUT2D eigenvalue weighted by Gasteiger charge is 2.10. The SMILES string of the molecule is CCC(CC)CNC(=O)COc1ccccc1/C(N)=N/O. The Hall–Kier alpha value is -2.24. The number of rotatable bonds is 8. The van der Waals surface area contributed by atoms with Crippen LogP contribution in [0.4, 0.5) is 0 Å². The minimum Gasteiger partial charge on any atom is -0.483 e. The monoisotopic (exact) mass is 293 g/mol. The molecule has 1 rings (SSSR count). The molecule has 0 bridgehead atoms. The highest BCUT2D eigenvalue weighted by Crippen LogP contribution is 2.17. The molecule has 0 saturated carbocycles. The zero-order chi connectivity index (χ0) is 15.7. The van der Waals surface area contributed by atoms with Crippen molar-refractivity contribution < 1.29 is 14.7 Å². The Balaban J connectivity index is 2.54. The largest absolute Gasteiger partial charge is 0.483 e. The number of oxime groups is 1. The van der Waals surface area contributed by atoms with Crippen molar-refractivity contribution in [1.82, 2.24) is 5.32 Å². The van der Waals surface area contributed by atoms with Gasteiger partial charge in [0, 0.05) is 6.54 Å². The Morgan fingerprint density at radius 1 is 1.38 bits per heavy atom. The van der Waals surface area contributed by atoms with Gasteiger partial charge in [-0.3, -0.25) is 4.79 Å². The maximum absolute atomic E-state index is 11.8. The molecule has 0 unspecified atom stereocenters. The molecule has 4 N–H and O–H groups in total. The van der Waals surface area contributed by atoms with Gasteiger partial charge in [0.2, 0.25) is 0 Å². The maximum Gasteiger partial charge on any atom is 0.257 e. The fourth-order valence-electron chi connectivity index (χ4n) is 1.89. The van der Waals surface area contributed by atoms with Gasteiger partial charge in [-0.1, -0.05) is 44.0 Å². The Morgan fingerprint density at radius 3 is 2.67 bits per heavy atom. The average molecular weight is 293 g/mol. The summed E-state index contributed by atoms with van der Waals surface area (Å²) in [6.45, 7) is 4.75. The summed E-state index contributed by atoms with van der Waals surface area (Å²) in [6.07, 6.45) is 2.06. The number of amides is 1. The summed E-state index contributed by atoms with van der Waals surface area (Å²) in [6, 6.07) is 6.83. The van der Waals surface area contributed by atoms with E-state index >= 15 is 0 Å². The second-order valence-electron chi connectivity index (χ2n) is 4.76. The molecular weight excluding hydrogens is 270 g/mol. The van der Waals surface area contributed by atoms with Gasteiger partial charge in [0.05, 0.1) is 5.56 Å². The highest BCUT2D eigenvalue weighted by molar-refractivity contribution is 5.99. The third-order valence-corrected chi connectivity index (χ3v) is 3.37. The third kappa shape index (κ3) is 5.33. The van der Waals surface area contributed by atoms with Gasteiger partial charge in [0.25, 0.3) is 5.91 Å². The van der Waals surface area contributed by atoms with Crippen LogP contribution >= 0.6 is 0 Å². The van der Waals surface area contributed by atoms with Crippen molar-refractivity contribution in [3.8, 4) is 5.75 Å². The van der Waals surface area contributed by atoms with Gasteiger partial charge < -0.3 is 21.0 Å². The lowest BCUT2D eigenvalue weighted by Gasteiger charge is -2.14. The topological polar surface area (TPSA) is 96.9 Å². The summed E-state index contributed by atoms with van der Waals surface area (Å²) in [7, 11) is 0. The predicted molar refractivity (Wildman–Crippen MR) is 81.5 cm³/mol. The number of carbonyl (C=O) groups excluding carboxylic acids is 1. The van der Waals surface area contributed by atoms with Gasteiger partial charge in [-0.15, -0.1) is 0 Å². The predicted octanol–water partition coefficient (Wildman–Crippen LogP) is 1.71. The van der Waals surface area contributed by atoms with Crippen molar-refractivity contribution in [2.24, 2.45) is 16.8 Å². The van der Waals surface area contributed by atoms with E-state index in [-0.39, 0.29) is 18.3 Å². The lowest BCUT2D eigenvalue weighted by atomic mass is 10.0. The number of nitrogens with two attached hydrogens (primary N) is 1. The van der Waals surface area contributed by atoms with Gasteiger partial charge in [0.15, 0.2) is 12.4 Å². The fourth-order valence-corrected chi connectivity index (χ4v) is 1.89. The van der Waals surface area contributed by atoms with Crippen LogP contribution < -0.4 is 15.8 Å². The molecule has 0 spiro atoms. The quantitative estimate of drug-likeness (QED) is 0.294. The van der Waals surface area contributed by atoms with E-state index in [0.717, 1.165) is 12.8 Å². The van der Waals surface area contributed by atoms with Gasteiger partial charge in [-0.05, 0) is 18.1 Å². The smallest absolute Gasteiger partial charge is 0.257 e. The Labute approximate surface area is 125 Å². The fraction of sp³-hybridized carbons (Fsp3) is 0.467. The number of hydrogen-bond acceptors (Lipinski definition) is 4. The zero-order valence-corrected chi connectivity index (χ0v) is 12.5. The van der Waals surface area contributed by atoms with Crippen molar-refractivity contribution in [1.29, 1.82) is 0 Å². The second-order valence-corrected chi connectivity index (χ2v) is 4.76. The molecule has 0 atom stereocenters. The summed E-state index contributed by atoms with van der Waals surface area (Å²) < 4.78 is 5.44. The molecule has 1 aromatic carbocycles. The minimum atomic E-state index is -0.184. The second kappa shape index (κ2) is 8.84. The number of nitrogens with one attached hydrogen (secondary N) is 1. The first-order valence-corrected chi connectivity index (χ1v) is 7.08. The van der Waals surface area contributed by atoms with Crippen LogP contribution in [0.15, 0.2) is 29.4 Å². The van der Waals surface area contributed by atoms with Crippen LogP contribution in [0, 0.1) is 5.92 Å². The van der Waals surface area contributed by atoms with E-state index in [4.69, 9.17) is 15.7 Å². The summed E-state index contributed by atoms with van der Waals surface area (Å²) >= 11 is 0. The highest BCUT2D eigenvalue weighted by atomic mass is 16.5. The van der Waals surface area contributed by atoms with E-state index in [2.05, 4.69) is 24.3 Å². The first-order chi connectivity index (χ1) is 10.1. The number of carbonyl (C=O) groups is 1. The number of hydrogen-bond donors (Lipinski definition) is 3. The van der Waals surface area contributed by atoms with Gasteiger partial charge in [-0.2, -0.15) is 0 Å². The Kier molecular flexibility index (Phi) is 7.08. The van der Waals surface area contributed by atoms with Crippen LogP contribution in [-0.4, -0.2) is 30.1 Å². The number of ether oxygens (including phenoxy) is 1. The molecule has 0 aliphatic rings. The van der Waals surface area contributed by atoms with Crippen molar-refractivity contribution in [3.05, 3.63) is 29.8 Å². The molecule has 21 heavy (non-hydrogen) atoms. The van der Waals surface area contributed by atoms with E-state index in [1.54, 1.807) is 24.3 Å². The normalized spacial score (nSPS) is 11.5. The van der Waals surface area contributed by atoms with Crippen molar-refractivity contribution in [2.75, 3.05) is 13.2 Å². The molecule has 6 nitrogen and oxygen atoms in total. The summed E-state index contributed by atoms with van der Waals surface area (Å²) in [5.41, 5.74) is 6.01.